The van der Waals surface area contributed by atoms with Crippen LogP contribution in [0.15, 0.2) is 253 Å². The highest BCUT2D eigenvalue weighted by Gasteiger charge is 2.16. The minimum atomic E-state index is 0.867. The molecule has 1 heterocycles. The number of para-hydroxylation sites is 1. The van der Waals surface area contributed by atoms with Crippen LogP contribution in [0.1, 0.15) is 0 Å². The maximum atomic E-state index is 6.38. The molecule has 0 saturated carbocycles. The summed E-state index contributed by atoms with van der Waals surface area (Å²) in [5.74, 6) is 0. The average molecular weight is 792 g/mol. The Kier molecular flexibility index (Phi) is 9.57. The Bertz CT molecular complexity index is 3280. The fraction of sp³-hybridized carbons (Fsp3) is 0. The lowest BCUT2D eigenvalue weighted by Gasteiger charge is -2.26. The number of rotatable bonds is 9. The lowest BCUT2D eigenvalue weighted by Crippen LogP contribution is -2.09. The Morgan fingerprint density at radius 2 is 0.532 bits per heavy atom. The van der Waals surface area contributed by atoms with E-state index >= 15 is 0 Å². The van der Waals surface area contributed by atoms with Crippen LogP contribution in [0.5, 0.6) is 0 Å². The summed E-state index contributed by atoms with van der Waals surface area (Å²) in [6.45, 7) is 0. The van der Waals surface area contributed by atoms with Gasteiger partial charge >= 0.3 is 0 Å². The summed E-state index contributed by atoms with van der Waals surface area (Å²) in [5.41, 5.74) is 19.3. The molecule has 0 N–H and O–H groups in total. The predicted molar refractivity (Wildman–Crippen MR) is 261 cm³/mol. The molecule has 0 saturated heterocycles. The SMILES string of the molecule is c1ccc(-c2ccc(-c3ccc(-c4ccc(N(c5ccc(-c6ccc(-c7cccc(-c8ccccc8)c7)cc6)cc5)c5ccc6c(c5)oc5ccccc56)cc4)cc3)cc2)cc1. The number of hydrogen-bond donors (Lipinski definition) is 0. The largest absolute Gasteiger partial charge is 0.456 e. The van der Waals surface area contributed by atoms with Gasteiger partial charge in [0, 0.05) is 33.9 Å². The number of furan rings is 1. The Morgan fingerprint density at radius 3 is 1.00 bits per heavy atom. The second kappa shape index (κ2) is 16.1. The minimum Gasteiger partial charge on any atom is -0.456 e. The Morgan fingerprint density at radius 1 is 0.210 bits per heavy atom. The molecule has 0 aliphatic rings. The van der Waals surface area contributed by atoms with Crippen molar-refractivity contribution >= 4 is 39.0 Å². The van der Waals surface area contributed by atoms with E-state index in [0.717, 1.165) is 50.1 Å². The summed E-state index contributed by atoms with van der Waals surface area (Å²) < 4.78 is 6.38. The molecule has 0 spiro atoms. The maximum absolute atomic E-state index is 6.38. The van der Waals surface area contributed by atoms with E-state index in [2.05, 4.69) is 241 Å². The van der Waals surface area contributed by atoms with Crippen molar-refractivity contribution in [1.29, 1.82) is 0 Å². The molecule has 11 aromatic rings. The number of hydrogen-bond acceptors (Lipinski definition) is 2. The van der Waals surface area contributed by atoms with E-state index in [1.165, 1.54) is 55.6 Å². The van der Waals surface area contributed by atoms with E-state index in [4.69, 9.17) is 4.42 Å². The van der Waals surface area contributed by atoms with Gasteiger partial charge in [-0.15, -0.1) is 0 Å². The lowest BCUT2D eigenvalue weighted by molar-refractivity contribution is 0.669. The molecule has 292 valence electrons. The van der Waals surface area contributed by atoms with Crippen LogP contribution in [0.2, 0.25) is 0 Å². The molecule has 0 amide bonds. The minimum absolute atomic E-state index is 0.867. The van der Waals surface area contributed by atoms with Crippen LogP contribution in [-0.4, -0.2) is 0 Å². The third-order valence-corrected chi connectivity index (χ3v) is 11.9. The number of benzene rings is 10. The highest BCUT2D eigenvalue weighted by Crippen LogP contribution is 2.40. The van der Waals surface area contributed by atoms with Gasteiger partial charge in [-0.25, -0.2) is 0 Å². The van der Waals surface area contributed by atoms with Gasteiger partial charge in [0.15, 0.2) is 0 Å². The fourth-order valence-corrected chi connectivity index (χ4v) is 8.61. The van der Waals surface area contributed by atoms with Crippen molar-refractivity contribution in [2.24, 2.45) is 0 Å². The first kappa shape index (κ1) is 36.8. The first-order valence-corrected chi connectivity index (χ1v) is 21.1. The predicted octanol–water partition coefficient (Wildman–Crippen LogP) is 17.1. The van der Waals surface area contributed by atoms with Crippen LogP contribution in [0.3, 0.4) is 0 Å². The molecule has 0 aliphatic heterocycles. The van der Waals surface area contributed by atoms with E-state index in [9.17, 15) is 0 Å². The molecule has 0 atom stereocenters. The maximum Gasteiger partial charge on any atom is 0.137 e. The molecule has 62 heavy (non-hydrogen) atoms. The Labute approximate surface area is 362 Å². The van der Waals surface area contributed by atoms with Crippen molar-refractivity contribution in [1.82, 2.24) is 0 Å². The molecule has 0 bridgehead atoms. The molecular formula is C60H41NO. The average Bonchev–Trinajstić information content (AvgIpc) is 3.73. The van der Waals surface area contributed by atoms with Gasteiger partial charge in [0.25, 0.3) is 0 Å². The highest BCUT2D eigenvalue weighted by molar-refractivity contribution is 6.06. The van der Waals surface area contributed by atoms with Gasteiger partial charge in [0.2, 0.25) is 0 Å². The third kappa shape index (κ3) is 7.25. The second-order valence-electron chi connectivity index (χ2n) is 15.8. The zero-order valence-electron chi connectivity index (χ0n) is 34.0. The highest BCUT2D eigenvalue weighted by atomic mass is 16.3. The summed E-state index contributed by atoms with van der Waals surface area (Å²) in [6, 6.07) is 88.9. The molecule has 2 heteroatoms. The van der Waals surface area contributed by atoms with Gasteiger partial charge in [0.05, 0.1) is 0 Å². The van der Waals surface area contributed by atoms with Crippen LogP contribution >= 0.6 is 0 Å². The van der Waals surface area contributed by atoms with Gasteiger partial charge < -0.3 is 9.32 Å². The van der Waals surface area contributed by atoms with Gasteiger partial charge in [-0.05, 0) is 115 Å². The second-order valence-corrected chi connectivity index (χ2v) is 15.8. The van der Waals surface area contributed by atoms with Gasteiger partial charge in [-0.1, -0.05) is 194 Å². The van der Waals surface area contributed by atoms with Crippen molar-refractivity contribution in [2.75, 3.05) is 4.90 Å². The van der Waals surface area contributed by atoms with Crippen molar-refractivity contribution in [3.63, 3.8) is 0 Å². The van der Waals surface area contributed by atoms with E-state index in [1.807, 2.05) is 12.1 Å². The molecule has 11 rings (SSSR count). The lowest BCUT2D eigenvalue weighted by atomic mass is 9.97. The van der Waals surface area contributed by atoms with Crippen LogP contribution in [0.25, 0.3) is 88.7 Å². The van der Waals surface area contributed by atoms with Gasteiger partial charge in [-0.2, -0.15) is 0 Å². The van der Waals surface area contributed by atoms with Crippen molar-refractivity contribution < 1.29 is 4.42 Å². The van der Waals surface area contributed by atoms with Crippen LogP contribution < -0.4 is 4.90 Å². The van der Waals surface area contributed by atoms with Crippen molar-refractivity contribution in [3.05, 3.63) is 249 Å². The zero-order chi connectivity index (χ0) is 41.2. The molecule has 0 aliphatic carbocycles. The van der Waals surface area contributed by atoms with Crippen LogP contribution in [-0.2, 0) is 0 Å². The summed E-state index contributed by atoms with van der Waals surface area (Å²) >= 11 is 0. The summed E-state index contributed by atoms with van der Waals surface area (Å²) in [7, 11) is 0. The molecule has 0 radical (unpaired) electrons. The van der Waals surface area contributed by atoms with Gasteiger partial charge in [-0.3, -0.25) is 0 Å². The zero-order valence-corrected chi connectivity index (χ0v) is 34.0. The van der Waals surface area contributed by atoms with Crippen molar-refractivity contribution in [2.45, 2.75) is 0 Å². The number of nitrogens with zero attached hydrogens (tertiary/aromatic N) is 1. The smallest absolute Gasteiger partial charge is 0.137 e. The third-order valence-electron chi connectivity index (χ3n) is 11.9. The van der Waals surface area contributed by atoms with Crippen LogP contribution in [0, 0.1) is 0 Å². The number of anilines is 3. The first-order valence-electron chi connectivity index (χ1n) is 21.1. The van der Waals surface area contributed by atoms with E-state index < -0.39 is 0 Å². The molecule has 0 unspecified atom stereocenters. The van der Waals surface area contributed by atoms with Crippen molar-refractivity contribution in [3.8, 4) is 66.8 Å². The number of fused-ring (bicyclic) bond motifs is 3. The Balaban J connectivity index is 0.881. The summed E-state index contributed by atoms with van der Waals surface area (Å²) in [6.07, 6.45) is 0. The normalized spacial score (nSPS) is 11.2. The molecule has 1 aromatic heterocycles. The quantitative estimate of drug-likeness (QED) is 0.145. The van der Waals surface area contributed by atoms with Crippen LogP contribution in [0.4, 0.5) is 17.1 Å². The van der Waals surface area contributed by atoms with E-state index in [1.54, 1.807) is 0 Å². The standard InChI is InChI=1S/C60H41NO/c1-3-10-42(11-4-1)44-18-20-45(21-19-44)46-22-24-47(25-23-46)49-30-34-54(35-31-49)61(56-38-39-58-57-16-7-8-17-59(57)62-60(58)41-56)55-36-32-50(33-37-55)48-26-28-51(29-27-48)53-15-9-14-52(40-53)43-12-5-2-6-13-43/h1-41H. The monoisotopic (exact) mass is 791 g/mol. The molecule has 0 fully saturated rings. The fourth-order valence-electron chi connectivity index (χ4n) is 8.61. The Hall–Kier alpha value is -8.20. The summed E-state index contributed by atoms with van der Waals surface area (Å²) in [4.78, 5) is 2.31. The van der Waals surface area contributed by atoms with E-state index in [-0.39, 0.29) is 0 Å². The first-order chi connectivity index (χ1) is 30.7. The summed E-state index contributed by atoms with van der Waals surface area (Å²) in [5, 5.41) is 2.24. The topological polar surface area (TPSA) is 16.4 Å². The van der Waals surface area contributed by atoms with E-state index in [0.29, 0.717) is 0 Å². The molecule has 10 aromatic carbocycles. The van der Waals surface area contributed by atoms with Gasteiger partial charge in [0.1, 0.15) is 11.2 Å². The molecular weight excluding hydrogens is 751 g/mol. The molecule has 2 nitrogen and oxygen atoms in total.